The highest BCUT2D eigenvalue weighted by Crippen LogP contribution is 2.08. The minimum absolute atomic E-state index is 0.168. The van der Waals surface area contributed by atoms with Crippen LogP contribution in [0.2, 0.25) is 0 Å². The van der Waals surface area contributed by atoms with Gasteiger partial charge in [0.15, 0.2) is 0 Å². The van der Waals surface area contributed by atoms with Crippen LogP contribution in [0.5, 0.6) is 0 Å². The second-order valence-corrected chi connectivity index (χ2v) is 3.00. The molecule has 1 nitrogen and oxygen atoms in total. The van der Waals surface area contributed by atoms with Crippen LogP contribution < -0.4 is 0 Å². The second-order valence-electron chi connectivity index (χ2n) is 3.00. The molecule has 0 fully saturated rings. The molecule has 0 rings (SSSR count). The molecule has 2 heteroatoms. The van der Waals surface area contributed by atoms with Crippen LogP contribution in [0, 0.1) is 5.41 Å². The fourth-order valence-electron chi connectivity index (χ4n) is 0.967. The molecule has 1 N–H and O–H groups in total. The number of alkyl halides is 1. The van der Waals surface area contributed by atoms with E-state index in [2.05, 4.69) is 6.92 Å². The zero-order chi connectivity index (χ0) is 8.69. The molecule has 11 heavy (non-hydrogen) atoms. The minimum atomic E-state index is -0.994. The Kier molecular flexibility index (Phi) is 6.09. The van der Waals surface area contributed by atoms with E-state index in [0.29, 0.717) is 6.42 Å². The average molecular weight is 159 g/mol. The van der Waals surface area contributed by atoms with Gasteiger partial charge in [-0.2, -0.15) is 0 Å². The van der Waals surface area contributed by atoms with Crippen LogP contribution in [0.15, 0.2) is 0 Å². The van der Waals surface area contributed by atoms with Gasteiger partial charge in [0.05, 0.1) is 0 Å². The summed E-state index contributed by atoms with van der Waals surface area (Å²) >= 11 is 0. The molecule has 0 aromatic rings. The van der Waals surface area contributed by atoms with Crippen LogP contribution in [0.4, 0.5) is 4.39 Å². The van der Waals surface area contributed by atoms with Crippen LogP contribution in [0.25, 0.3) is 0 Å². The van der Waals surface area contributed by atoms with E-state index in [4.69, 9.17) is 5.41 Å². The summed E-state index contributed by atoms with van der Waals surface area (Å²) in [5.74, 6) is 0. The molecule has 66 valence electrons. The second kappa shape index (κ2) is 6.32. The number of halogens is 1. The molecule has 0 aliphatic heterocycles. The highest BCUT2D eigenvalue weighted by atomic mass is 19.1. The zero-order valence-electron chi connectivity index (χ0n) is 7.49. The molecule has 1 unspecified atom stereocenters. The van der Waals surface area contributed by atoms with E-state index in [1.807, 2.05) is 0 Å². The summed E-state index contributed by atoms with van der Waals surface area (Å²) < 4.78 is 12.7. The summed E-state index contributed by atoms with van der Waals surface area (Å²) in [6.07, 6.45) is 3.93. The molecule has 0 radical (unpaired) electrons. The summed E-state index contributed by atoms with van der Waals surface area (Å²) in [6, 6.07) is 0. The fraction of sp³-hybridized carbons (Fsp3) is 0.889. The predicted molar refractivity (Wildman–Crippen MR) is 47.1 cm³/mol. The quantitative estimate of drug-likeness (QED) is 0.454. The van der Waals surface area contributed by atoms with Gasteiger partial charge in [0.1, 0.15) is 6.17 Å². The molecule has 0 aliphatic carbocycles. The van der Waals surface area contributed by atoms with Crippen LogP contribution in [-0.2, 0) is 0 Å². The van der Waals surface area contributed by atoms with Crippen LogP contribution >= 0.6 is 0 Å². The monoisotopic (exact) mass is 159 g/mol. The Morgan fingerprint density at radius 2 is 2.00 bits per heavy atom. The Balaban J connectivity index is 3.17. The first kappa shape index (κ1) is 10.6. The molecule has 0 aromatic carbocycles. The molecular weight excluding hydrogens is 141 g/mol. The molecule has 1 atom stereocenters. The van der Waals surface area contributed by atoms with Crippen LogP contribution in [0.1, 0.15) is 46.0 Å². The van der Waals surface area contributed by atoms with Crippen molar-refractivity contribution in [3.63, 3.8) is 0 Å². The lowest BCUT2D eigenvalue weighted by Gasteiger charge is -2.04. The van der Waals surface area contributed by atoms with E-state index in [1.54, 1.807) is 0 Å². The average Bonchev–Trinajstić information content (AvgIpc) is 1.97. The summed E-state index contributed by atoms with van der Waals surface area (Å²) in [5, 5.41) is 7.01. The molecule has 0 heterocycles. The van der Waals surface area contributed by atoms with Crippen molar-refractivity contribution in [2.45, 2.75) is 52.1 Å². The van der Waals surface area contributed by atoms with E-state index in [1.165, 1.54) is 19.8 Å². The summed E-state index contributed by atoms with van der Waals surface area (Å²) in [7, 11) is 0. The van der Waals surface area contributed by atoms with Gasteiger partial charge in [-0.05, 0) is 13.3 Å². The normalized spacial score (nSPS) is 13.0. The Hall–Kier alpha value is -0.400. The molecule has 0 aliphatic rings. The lowest BCUT2D eigenvalue weighted by molar-refractivity contribution is 0.384. The van der Waals surface area contributed by atoms with Gasteiger partial charge in [-0.25, -0.2) is 4.39 Å². The maximum absolute atomic E-state index is 12.7. The number of unbranched alkanes of at least 4 members (excludes halogenated alkanes) is 3. The van der Waals surface area contributed by atoms with Crippen molar-refractivity contribution < 1.29 is 4.39 Å². The first-order valence-corrected chi connectivity index (χ1v) is 4.37. The van der Waals surface area contributed by atoms with Crippen molar-refractivity contribution in [1.82, 2.24) is 0 Å². The summed E-state index contributed by atoms with van der Waals surface area (Å²) in [4.78, 5) is 0. The lowest BCUT2D eigenvalue weighted by Crippen LogP contribution is -2.09. The van der Waals surface area contributed by atoms with Crippen LogP contribution in [0.3, 0.4) is 0 Å². The van der Waals surface area contributed by atoms with Gasteiger partial charge < -0.3 is 5.41 Å². The molecule has 0 bridgehead atoms. The van der Waals surface area contributed by atoms with E-state index < -0.39 is 6.17 Å². The molecular formula is C9H18FN. The van der Waals surface area contributed by atoms with Gasteiger partial charge in [-0.15, -0.1) is 0 Å². The van der Waals surface area contributed by atoms with Crippen molar-refractivity contribution in [2.75, 3.05) is 0 Å². The molecule has 0 saturated heterocycles. The Bertz CT molecular complexity index is 112. The largest absolute Gasteiger partial charge is 0.307 e. The highest BCUT2D eigenvalue weighted by Gasteiger charge is 2.06. The van der Waals surface area contributed by atoms with Crippen molar-refractivity contribution >= 4 is 5.71 Å². The van der Waals surface area contributed by atoms with Gasteiger partial charge >= 0.3 is 0 Å². The molecule has 0 saturated carbocycles. The van der Waals surface area contributed by atoms with Crippen molar-refractivity contribution in [1.29, 1.82) is 5.41 Å². The first-order valence-electron chi connectivity index (χ1n) is 4.37. The molecule has 0 amide bonds. The third kappa shape index (κ3) is 6.02. The van der Waals surface area contributed by atoms with Gasteiger partial charge in [-0.1, -0.05) is 32.6 Å². The van der Waals surface area contributed by atoms with E-state index in [-0.39, 0.29) is 5.71 Å². The zero-order valence-corrected chi connectivity index (χ0v) is 7.49. The topological polar surface area (TPSA) is 23.9 Å². The first-order chi connectivity index (χ1) is 5.18. The minimum Gasteiger partial charge on any atom is -0.307 e. The van der Waals surface area contributed by atoms with E-state index in [0.717, 1.165) is 12.8 Å². The standard InChI is InChI=1S/C9H18FN/c1-3-4-5-6-7-9(10)8(2)11/h9,11H,3-7H2,1-2H3. The Morgan fingerprint density at radius 1 is 1.36 bits per heavy atom. The van der Waals surface area contributed by atoms with Crippen LogP contribution in [-0.4, -0.2) is 11.9 Å². The fourth-order valence-corrected chi connectivity index (χ4v) is 0.967. The Morgan fingerprint density at radius 3 is 2.45 bits per heavy atom. The van der Waals surface area contributed by atoms with Crippen molar-refractivity contribution in [3.05, 3.63) is 0 Å². The lowest BCUT2D eigenvalue weighted by atomic mass is 10.1. The predicted octanol–water partition coefficient (Wildman–Crippen LogP) is 3.33. The molecule has 0 spiro atoms. The third-order valence-electron chi connectivity index (χ3n) is 1.78. The van der Waals surface area contributed by atoms with E-state index in [9.17, 15) is 4.39 Å². The van der Waals surface area contributed by atoms with Gasteiger partial charge in [0.25, 0.3) is 0 Å². The van der Waals surface area contributed by atoms with Gasteiger partial charge in [0, 0.05) is 5.71 Å². The number of rotatable bonds is 6. The smallest absolute Gasteiger partial charge is 0.137 e. The SMILES string of the molecule is CCCCCCC(F)C(C)=N. The number of nitrogens with one attached hydrogen (secondary N) is 1. The molecule has 0 aromatic heterocycles. The van der Waals surface area contributed by atoms with Crippen molar-refractivity contribution in [2.24, 2.45) is 0 Å². The van der Waals surface area contributed by atoms with Gasteiger partial charge in [0.2, 0.25) is 0 Å². The Labute approximate surface area is 68.5 Å². The highest BCUT2D eigenvalue weighted by molar-refractivity contribution is 5.82. The summed E-state index contributed by atoms with van der Waals surface area (Å²) in [5.41, 5.74) is 0.168. The summed E-state index contributed by atoms with van der Waals surface area (Å²) in [6.45, 7) is 3.67. The van der Waals surface area contributed by atoms with Gasteiger partial charge in [-0.3, -0.25) is 0 Å². The maximum Gasteiger partial charge on any atom is 0.137 e. The van der Waals surface area contributed by atoms with E-state index >= 15 is 0 Å². The van der Waals surface area contributed by atoms with Crippen molar-refractivity contribution in [3.8, 4) is 0 Å². The number of hydrogen-bond donors (Lipinski definition) is 1. The number of hydrogen-bond acceptors (Lipinski definition) is 1. The third-order valence-corrected chi connectivity index (χ3v) is 1.78. The maximum atomic E-state index is 12.7.